The van der Waals surface area contributed by atoms with Crippen molar-refractivity contribution >= 4 is 0 Å². The topological polar surface area (TPSA) is 0 Å². The fourth-order valence-corrected chi connectivity index (χ4v) is 3.84. The summed E-state index contributed by atoms with van der Waals surface area (Å²) in [6.45, 7) is 4.03. The molecule has 4 heteroatoms. The lowest BCUT2D eigenvalue weighted by Gasteiger charge is -2.46. The third kappa shape index (κ3) is 3.08. The fourth-order valence-electron chi connectivity index (χ4n) is 3.84. The molecule has 0 radical (unpaired) electrons. The molecule has 0 nitrogen and oxygen atoms in total. The van der Waals surface area contributed by atoms with Crippen LogP contribution >= 0.6 is 0 Å². The summed E-state index contributed by atoms with van der Waals surface area (Å²) in [6, 6.07) is 0. The zero-order valence-corrected chi connectivity index (χ0v) is 11.7. The number of hydrogen-bond acceptors (Lipinski definition) is 0. The highest BCUT2D eigenvalue weighted by atomic mass is 19.2. The fraction of sp³-hybridized carbons (Fsp3) is 1.00. The van der Waals surface area contributed by atoms with Crippen LogP contribution in [0.1, 0.15) is 52.4 Å². The molecule has 2 saturated carbocycles. The van der Waals surface area contributed by atoms with Gasteiger partial charge in [0.25, 0.3) is 0 Å². The van der Waals surface area contributed by atoms with E-state index in [-0.39, 0.29) is 42.9 Å². The van der Waals surface area contributed by atoms with E-state index in [0.717, 1.165) is 0 Å². The van der Waals surface area contributed by atoms with Gasteiger partial charge in [0.15, 0.2) is 0 Å². The smallest absolute Gasteiger partial charge is 0.131 e. The summed E-state index contributed by atoms with van der Waals surface area (Å²) in [5.74, 6) is 0.144. The molecule has 2 aliphatic carbocycles. The van der Waals surface area contributed by atoms with Crippen LogP contribution in [-0.2, 0) is 0 Å². The van der Waals surface area contributed by atoms with E-state index in [9.17, 15) is 17.6 Å². The minimum Gasteiger partial charge on any atom is -0.244 e. The van der Waals surface area contributed by atoms with Crippen molar-refractivity contribution < 1.29 is 17.6 Å². The zero-order valence-electron chi connectivity index (χ0n) is 11.7. The summed E-state index contributed by atoms with van der Waals surface area (Å²) in [6.07, 6.45) is -3.21. The van der Waals surface area contributed by atoms with Gasteiger partial charge < -0.3 is 0 Å². The lowest BCUT2D eigenvalue weighted by Crippen LogP contribution is -2.43. The first-order valence-electron chi connectivity index (χ1n) is 7.38. The van der Waals surface area contributed by atoms with Gasteiger partial charge in [-0.25, -0.2) is 17.6 Å². The van der Waals surface area contributed by atoms with Crippen molar-refractivity contribution in [2.24, 2.45) is 17.3 Å². The number of alkyl halides is 4. The molecular formula is C15H24F4. The summed E-state index contributed by atoms with van der Waals surface area (Å²) in [7, 11) is 0. The van der Waals surface area contributed by atoms with E-state index in [2.05, 4.69) is 0 Å². The number of hydrogen-bond donors (Lipinski definition) is 0. The molecule has 0 N–H and O–H groups in total. The Bertz CT molecular complexity index is 277. The molecule has 0 amide bonds. The van der Waals surface area contributed by atoms with Gasteiger partial charge in [0.1, 0.15) is 24.7 Å². The highest BCUT2D eigenvalue weighted by Crippen LogP contribution is 2.49. The molecule has 2 fully saturated rings. The predicted octanol–water partition coefficient (Wildman–Crippen LogP) is 4.97. The second kappa shape index (κ2) is 5.61. The normalized spacial score (nSPS) is 45.2. The largest absolute Gasteiger partial charge is 0.244 e. The van der Waals surface area contributed by atoms with Gasteiger partial charge in [0, 0.05) is 0 Å². The maximum atomic E-state index is 13.6. The average molecular weight is 280 g/mol. The lowest BCUT2D eigenvalue weighted by molar-refractivity contribution is -0.0224. The van der Waals surface area contributed by atoms with Crippen molar-refractivity contribution in [3.63, 3.8) is 0 Å². The molecule has 2 rings (SSSR count). The molecule has 112 valence electrons. The van der Waals surface area contributed by atoms with E-state index < -0.39 is 24.7 Å². The molecule has 0 aromatic rings. The molecule has 6 atom stereocenters. The van der Waals surface area contributed by atoms with Crippen molar-refractivity contribution in [3.05, 3.63) is 0 Å². The van der Waals surface area contributed by atoms with Crippen molar-refractivity contribution in [3.8, 4) is 0 Å². The Hall–Kier alpha value is -0.280. The first-order chi connectivity index (χ1) is 8.82. The van der Waals surface area contributed by atoms with Crippen LogP contribution in [0.15, 0.2) is 0 Å². The molecule has 0 aromatic heterocycles. The van der Waals surface area contributed by atoms with Crippen molar-refractivity contribution in [1.82, 2.24) is 0 Å². The molecular weight excluding hydrogens is 256 g/mol. The highest BCUT2D eigenvalue weighted by Gasteiger charge is 2.45. The second-order valence-electron chi connectivity index (χ2n) is 6.91. The number of halogens is 4. The van der Waals surface area contributed by atoms with Crippen LogP contribution in [0.3, 0.4) is 0 Å². The van der Waals surface area contributed by atoms with Gasteiger partial charge in [0.2, 0.25) is 0 Å². The Morgan fingerprint density at radius 1 is 0.632 bits per heavy atom. The van der Waals surface area contributed by atoms with Crippen LogP contribution < -0.4 is 0 Å². The van der Waals surface area contributed by atoms with Crippen LogP contribution in [-0.4, -0.2) is 24.7 Å². The zero-order chi connectivity index (χ0) is 14.2. The van der Waals surface area contributed by atoms with Gasteiger partial charge in [-0.1, -0.05) is 13.8 Å². The minimum absolute atomic E-state index is 0.0721. The lowest BCUT2D eigenvalue weighted by atomic mass is 9.60. The van der Waals surface area contributed by atoms with E-state index >= 15 is 0 Å². The Morgan fingerprint density at radius 2 is 1.00 bits per heavy atom. The van der Waals surface area contributed by atoms with Gasteiger partial charge in [-0.15, -0.1) is 0 Å². The van der Waals surface area contributed by atoms with Gasteiger partial charge in [-0.05, 0) is 55.8 Å². The number of rotatable bonds is 2. The molecule has 19 heavy (non-hydrogen) atoms. The summed E-state index contributed by atoms with van der Waals surface area (Å²) >= 11 is 0. The van der Waals surface area contributed by atoms with Crippen molar-refractivity contribution in [2.75, 3.05) is 0 Å². The summed E-state index contributed by atoms with van der Waals surface area (Å²) in [4.78, 5) is 0. The van der Waals surface area contributed by atoms with Gasteiger partial charge in [-0.2, -0.15) is 0 Å². The molecule has 2 aliphatic rings. The molecule has 0 heterocycles. The van der Waals surface area contributed by atoms with Crippen LogP contribution in [0.2, 0.25) is 0 Å². The minimum atomic E-state index is -1.39. The highest BCUT2D eigenvalue weighted by molar-refractivity contribution is 4.94. The van der Waals surface area contributed by atoms with Crippen LogP contribution in [0.4, 0.5) is 17.6 Å². The monoisotopic (exact) mass is 280 g/mol. The summed E-state index contributed by atoms with van der Waals surface area (Å²) < 4.78 is 53.5. The van der Waals surface area contributed by atoms with Gasteiger partial charge in [0.05, 0.1) is 0 Å². The van der Waals surface area contributed by atoms with Crippen LogP contribution in [0.5, 0.6) is 0 Å². The van der Waals surface area contributed by atoms with E-state index in [1.807, 2.05) is 13.8 Å². The Balaban J connectivity index is 2.01. The van der Waals surface area contributed by atoms with E-state index in [1.54, 1.807) is 0 Å². The van der Waals surface area contributed by atoms with Gasteiger partial charge in [-0.3, -0.25) is 0 Å². The predicted molar refractivity (Wildman–Crippen MR) is 68.0 cm³/mol. The van der Waals surface area contributed by atoms with Crippen LogP contribution in [0.25, 0.3) is 0 Å². The first kappa shape index (κ1) is 15.1. The molecule has 0 bridgehead atoms. The third-order valence-electron chi connectivity index (χ3n) is 5.49. The van der Waals surface area contributed by atoms with Crippen molar-refractivity contribution in [2.45, 2.75) is 77.1 Å². The third-order valence-corrected chi connectivity index (χ3v) is 5.49. The van der Waals surface area contributed by atoms with Gasteiger partial charge >= 0.3 is 0 Å². The summed E-state index contributed by atoms with van der Waals surface area (Å²) in [5.41, 5.74) is -0.241. The Morgan fingerprint density at radius 3 is 1.32 bits per heavy atom. The molecule has 0 aliphatic heterocycles. The van der Waals surface area contributed by atoms with Crippen LogP contribution in [0, 0.1) is 17.3 Å². The molecule has 0 saturated heterocycles. The molecule has 0 spiro atoms. The maximum Gasteiger partial charge on any atom is 0.131 e. The average Bonchev–Trinajstić information content (AvgIpc) is 2.35. The molecule has 0 aromatic carbocycles. The Labute approximate surface area is 112 Å². The van der Waals surface area contributed by atoms with E-state index in [4.69, 9.17) is 0 Å². The standard InChI is InChI=1S/C15H24F4/c1-15(2,9-3-5-11(16)13(18)7-9)10-4-6-12(17)14(19)8-10/h9-14H,3-8H2,1-2H3. The summed E-state index contributed by atoms with van der Waals surface area (Å²) in [5, 5.41) is 0. The maximum absolute atomic E-state index is 13.6. The quantitative estimate of drug-likeness (QED) is 0.627. The second-order valence-corrected chi connectivity index (χ2v) is 6.91. The SMILES string of the molecule is CC(C)(C1CCC(F)C(F)C1)C1CCC(F)C(F)C1. The van der Waals surface area contributed by atoms with E-state index in [1.165, 1.54) is 0 Å². The van der Waals surface area contributed by atoms with E-state index in [0.29, 0.717) is 12.8 Å². The van der Waals surface area contributed by atoms with Crippen molar-refractivity contribution in [1.29, 1.82) is 0 Å². The first-order valence-corrected chi connectivity index (χ1v) is 7.38. The Kier molecular flexibility index (Phi) is 4.46. The molecule has 6 unspecified atom stereocenters.